The Morgan fingerprint density at radius 1 is 0.939 bits per heavy atom. The molecule has 1 rings (SSSR count). The lowest BCUT2D eigenvalue weighted by Crippen LogP contribution is -2.66. The second-order valence-electron chi connectivity index (χ2n) is 9.94. The SMILES string of the molecule is CC(=O)NC1C(OCC(C)(C)COCC(C)(C)CN)OC(CO)C(OC(C)=O)C1OC(C)=O. The van der Waals surface area contributed by atoms with E-state index in [0.717, 1.165) is 0 Å². The molecule has 1 amide bonds. The van der Waals surface area contributed by atoms with Crippen molar-refractivity contribution in [1.82, 2.24) is 5.32 Å². The smallest absolute Gasteiger partial charge is 0.303 e. The Kier molecular flexibility index (Phi) is 11.2. The van der Waals surface area contributed by atoms with E-state index in [-0.39, 0.29) is 12.0 Å². The molecule has 11 nitrogen and oxygen atoms in total. The molecule has 1 heterocycles. The van der Waals surface area contributed by atoms with Crippen molar-refractivity contribution >= 4 is 17.8 Å². The molecule has 33 heavy (non-hydrogen) atoms. The van der Waals surface area contributed by atoms with E-state index in [0.29, 0.717) is 19.8 Å². The van der Waals surface area contributed by atoms with Crippen LogP contribution in [0.1, 0.15) is 48.5 Å². The van der Waals surface area contributed by atoms with E-state index in [4.69, 9.17) is 29.4 Å². The van der Waals surface area contributed by atoms with Gasteiger partial charge in [-0.25, -0.2) is 0 Å². The molecule has 4 N–H and O–H groups in total. The molecular weight excluding hydrogens is 436 g/mol. The number of carbonyl (C=O) groups is 3. The molecule has 1 fully saturated rings. The van der Waals surface area contributed by atoms with E-state index in [1.807, 2.05) is 27.7 Å². The first-order valence-corrected chi connectivity index (χ1v) is 11.0. The van der Waals surface area contributed by atoms with Gasteiger partial charge in [0.05, 0.1) is 26.4 Å². The van der Waals surface area contributed by atoms with E-state index >= 15 is 0 Å². The predicted molar refractivity (Wildman–Crippen MR) is 118 cm³/mol. The van der Waals surface area contributed by atoms with Gasteiger partial charge in [-0.3, -0.25) is 14.4 Å². The molecule has 0 spiro atoms. The second-order valence-corrected chi connectivity index (χ2v) is 9.94. The summed E-state index contributed by atoms with van der Waals surface area (Å²) in [5, 5.41) is 12.5. The molecule has 192 valence electrons. The zero-order valence-electron chi connectivity index (χ0n) is 20.7. The van der Waals surface area contributed by atoms with Crippen LogP contribution >= 0.6 is 0 Å². The molecule has 1 aliphatic heterocycles. The van der Waals surface area contributed by atoms with Crippen LogP contribution in [0.5, 0.6) is 0 Å². The van der Waals surface area contributed by atoms with Crippen molar-refractivity contribution in [2.45, 2.75) is 79.1 Å². The quantitative estimate of drug-likeness (QED) is 0.331. The van der Waals surface area contributed by atoms with Crippen LogP contribution in [-0.2, 0) is 38.1 Å². The Bertz CT molecular complexity index is 668. The topological polar surface area (TPSA) is 156 Å². The molecule has 0 radical (unpaired) electrons. The van der Waals surface area contributed by atoms with Crippen LogP contribution < -0.4 is 11.1 Å². The number of aliphatic hydroxyl groups excluding tert-OH is 1. The third kappa shape index (κ3) is 9.93. The van der Waals surface area contributed by atoms with Gasteiger partial charge in [-0.1, -0.05) is 27.7 Å². The Morgan fingerprint density at radius 3 is 1.97 bits per heavy atom. The fourth-order valence-corrected chi connectivity index (χ4v) is 3.26. The van der Waals surface area contributed by atoms with Gasteiger partial charge >= 0.3 is 11.9 Å². The summed E-state index contributed by atoms with van der Waals surface area (Å²) in [6.07, 6.45) is -4.38. The summed E-state index contributed by atoms with van der Waals surface area (Å²) in [7, 11) is 0. The van der Waals surface area contributed by atoms with Gasteiger partial charge in [-0.15, -0.1) is 0 Å². The molecule has 1 aliphatic rings. The van der Waals surface area contributed by atoms with Crippen molar-refractivity contribution in [3.8, 4) is 0 Å². The van der Waals surface area contributed by atoms with E-state index in [9.17, 15) is 19.5 Å². The fraction of sp³-hybridized carbons (Fsp3) is 0.864. The summed E-state index contributed by atoms with van der Waals surface area (Å²) in [5.41, 5.74) is 5.15. The molecule has 0 aromatic heterocycles. The maximum Gasteiger partial charge on any atom is 0.303 e. The fourth-order valence-electron chi connectivity index (χ4n) is 3.26. The highest BCUT2D eigenvalue weighted by Gasteiger charge is 2.51. The van der Waals surface area contributed by atoms with Gasteiger partial charge in [-0.2, -0.15) is 0 Å². The number of carbonyl (C=O) groups excluding carboxylic acids is 3. The molecule has 0 saturated carbocycles. The maximum atomic E-state index is 11.9. The van der Waals surface area contributed by atoms with Gasteiger partial charge in [-0.05, 0) is 6.54 Å². The van der Waals surface area contributed by atoms with Gasteiger partial charge in [0, 0.05) is 31.6 Å². The third-order valence-electron chi connectivity index (χ3n) is 4.98. The Hall–Kier alpha value is -1.79. The average Bonchev–Trinajstić information content (AvgIpc) is 2.68. The summed E-state index contributed by atoms with van der Waals surface area (Å²) >= 11 is 0. The van der Waals surface area contributed by atoms with Crippen LogP contribution in [0.2, 0.25) is 0 Å². The first kappa shape index (κ1) is 29.2. The Morgan fingerprint density at radius 2 is 1.48 bits per heavy atom. The summed E-state index contributed by atoms with van der Waals surface area (Å²) in [6, 6.07) is -0.980. The highest BCUT2D eigenvalue weighted by atomic mass is 16.7. The number of rotatable bonds is 12. The number of nitrogens with two attached hydrogens (primary N) is 1. The van der Waals surface area contributed by atoms with Crippen molar-refractivity contribution in [2.24, 2.45) is 16.6 Å². The highest BCUT2D eigenvalue weighted by molar-refractivity contribution is 5.73. The molecule has 1 saturated heterocycles. The zero-order chi connectivity index (χ0) is 25.4. The molecule has 0 bridgehead atoms. The first-order valence-electron chi connectivity index (χ1n) is 11.0. The maximum absolute atomic E-state index is 11.9. The van der Waals surface area contributed by atoms with Crippen LogP contribution in [0, 0.1) is 10.8 Å². The minimum atomic E-state index is -1.14. The van der Waals surface area contributed by atoms with Crippen LogP contribution in [-0.4, -0.2) is 86.6 Å². The minimum absolute atomic E-state index is 0.156. The van der Waals surface area contributed by atoms with Gasteiger partial charge in [0.15, 0.2) is 18.5 Å². The lowest BCUT2D eigenvalue weighted by molar-refractivity contribution is -0.282. The second kappa shape index (κ2) is 12.6. The lowest BCUT2D eigenvalue weighted by atomic mass is 9.93. The number of hydrogen-bond donors (Lipinski definition) is 3. The molecule has 5 atom stereocenters. The standard InChI is InChI=1S/C22H40N2O9/c1-13(26)24-17-19(32-15(3)28)18(31-14(2)27)16(8-25)33-20(17)30-12-22(6,7)11-29-10-21(4,5)9-23/h16-20,25H,8-12,23H2,1-7H3,(H,24,26). The van der Waals surface area contributed by atoms with Crippen molar-refractivity contribution in [1.29, 1.82) is 0 Å². The van der Waals surface area contributed by atoms with Crippen LogP contribution in [0.25, 0.3) is 0 Å². The van der Waals surface area contributed by atoms with Gasteiger partial charge < -0.3 is 39.8 Å². The van der Waals surface area contributed by atoms with Crippen molar-refractivity contribution < 1.29 is 43.2 Å². The predicted octanol–water partition coefficient (Wildman–Crippen LogP) is 0.116. The summed E-state index contributed by atoms with van der Waals surface area (Å²) in [4.78, 5) is 35.3. The highest BCUT2D eigenvalue weighted by Crippen LogP contribution is 2.29. The minimum Gasteiger partial charge on any atom is -0.456 e. The number of nitrogens with one attached hydrogen (secondary N) is 1. The number of esters is 2. The summed E-state index contributed by atoms with van der Waals surface area (Å²) in [6.45, 7) is 12.5. The number of hydrogen-bond acceptors (Lipinski definition) is 10. The molecule has 5 unspecified atom stereocenters. The third-order valence-corrected chi connectivity index (χ3v) is 4.98. The van der Waals surface area contributed by atoms with Crippen molar-refractivity contribution in [2.75, 3.05) is 33.0 Å². The summed E-state index contributed by atoms with van der Waals surface area (Å²) in [5.74, 6) is -1.73. The normalized spacial score (nSPS) is 25.9. The molecule has 0 aliphatic carbocycles. The number of aliphatic hydroxyl groups is 1. The molecule has 0 aromatic rings. The monoisotopic (exact) mass is 476 g/mol. The number of ether oxygens (including phenoxy) is 5. The molecule has 0 aromatic carbocycles. The Balaban J connectivity index is 3.02. The van der Waals surface area contributed by atoms with Gasteiger partial charge in [0.25, 0.3) is 0 Å². The van der Waals surface area contributed by atoms with Gasteiger partial charge in [0.1, 0.15) is 12.1 Å². The largest absolute Gasteiger partial charge is 0.456 e. The first-order chi connectivity index (χ1) is 15.2. The van der Waals surface area contributed by atoms with Crippen LogP contribution in [0.3, 0.4) is 0 Å². The van der Waals surface area contributed by atoms with Crippen molar-refractivity contribution in [3.05, 3.63) is 0 Å². The van der Waals surface area contributed by atoms with E-state index in [1.165, 1.54) is 20.8 Å². The summed E-state index contributed by atoms with van der Waals surface area (Å²) < 4.78 is 28.3. The zero-order valence-corrected chi connectivity index (χ0v) is 20.7. The lowest BCUT2D eigenvalue weighted by Gasteiger charge is -2.45. The van der Waals surface area contributed by atoms with E-state index in [1.54, 1.807) is 0 Å². The molecule has 11 heteroatoms. The van der Waals surface area contributed by atoms with Crippen LogP contribution in [0.4, 0.5) is 0 Å². The van der Waals surface area contributed by atoms with E-state index < -0.39 is 60.5 Å². The van der Waals surface area contributed by atoms with Crippen LogP contribution in [0.15, 0.2) is 0 Å². The van der Waals surface area contributed by atoms with Crippen molar-refractivity contribution in [3.63, 3.8) is 0 Å². The van der Waals surface area contributed by atoms with Gasteiger partial charge in [0.2, 0.25) is 5.91 Å². The average molecular weight is 477 g/mol. The van der Waals surface area contributed by atoms with E-state index in [2.05, 4.69) is 5.32 Å². The number of amides is 1. The molecular formula is C22H40N2O9. The Labute approximate surface area is 195 Å².